The van der Waals surface area contributed by atoms with Crippen LogP contribution in [0, 0.1) is 19.7 Å². The van der Waals surface area contributed by atoms with Crippen molar-refractivity contribution in [3.05, 3.63) is 69.5 Å². The van der Waals surface area contributed by atoms with E-state index in [4.69, 9.17) is 11.6 Å². The van der Waals surface area contributed by atoms with Gasteiger partial charge in [0.25, 0.3) is 0 Å². The molecule has 2 aromatic carbocycles. The van der Waals surface area contributed by atoms with Gasteiger partial charge in [-0.2, -0.15) is 0 Å². The van der Waals surface area contributed by atoms with Crippen molar-refractivity contribution in [2.24, 2.45) is 0 Å². The van der Waals surface area contributed by atoms with Crippen molar-refractivity contribution >= 4 is 11.6 Å². The van der Waals surface area contributed by atoms with Crippen molar-refractivity contribution in [3.63, 3.8) is 0 Å². The van der Waals surface area contributed by atoms with Crippen LogP contribution in [-0.2, 0) is 0 Å². The monoisotopic (exact) mass is 264 g/mol. The Morgan fingerprint density at radius 1 is 1.06 bits per heavy atom. The van der Waals surface area contributed by atoms with E-state index in [1.807, 2.05) is 13.0 Å². The number of hydrogen-bond acceptors (Lipinski definition) is 1. The van der Waals surface area contributed by atoms with Gasteiger partial charge in [0.1, 0.15) is 11.9 Å². The summed E-state index contributed by atoms with van der Waals surface area (Å²) in [5.74, 6) is -0.307. The molecule has 1 N–H and O–H groups in total. The second kappa shape index (κ2) is 5.09. The average Bonchev–Trinajstić information content (AvgIpc) is 2.28. The van der Waals surface area contributed by atoms with Crippen molar-refractivity contribution in [2.75, 3.05) is 0 Å². The van der Waals surface area contributed by atoms with Crippen LogP contribution in [0.1, 0.15) is 28.4 Å². The molecule has 0 aliphatic rings. The molecular weight excluding hydrogens is 251 g/mol. The number of aryl methyl sites for hydroxylation is 2. The first-order valence-corrected chi connectivity index (χ1v) is 6.07. The molecule has 0 saturated carbocycles. The van der Waals surface area contributed by atoms with Crippen LogP contribution in [0.2, 0.25) is 5.02 Å². The van der Waals surface area contributed by atoms with E-state index in [-0.39, 0.29) is 5.82 Å². The molecule has 18 heavy (non-hydrogen) atoms. The van der Waals surface area contributed by atoms with Crippen LogP contribution in [0.5, 0.6) is 0 Å². The molecule has 0 saturated heterocycles. The summed E-state index contributed by atoms with van der Waals surface area (Å²) in [5, 5.41) is 10.8. The van der Waals surface area contributed by atoms with Gasteiger partial charge in [0, 0.05) is 10.6 Å². The summed E-state index contributed by atoms with van der Waals surface area (Å²) in [6.07, 6.45) is -0.835. The summed E-state index contributed by atoms with van der Waals surface area (Å²) in [5.41, 5.74) is 3.05. The molecule has 1 nitrogen and oxygen atoms in total. The van der Waals surface area contributed by atoms with Crippen LogP contribution < -0.4 is 0 Å². The maximum atomic E-state index is 13.0. The lowest BCUT2D eigenvalue weighted by Crippen LogP contribution is -2.03. The first kappa shape index (κ1) is 13.1. The Balaban J connectivity index is 2.44. The smallest absolute Gasteiger partial charge is 0.123 e. The molecule has 0 bridgehead atoms. The van der Waals surface area contributed by atoms with Crippen molar-refractivity contribution in [2.45, 2.75) is 20.0 Å². The quantitative estimate of drug-likeness (QED) is 0.863. The maximum Gasteiger partial charge on any atom is 0.123 e. The second-order valence-corrected chi connectivity index (χ2v) is 4.84. The van der Waals surface area contributed by atoms with E-state index in [1.165, 1.54) is 12.1 Å². The van der Waals surface area contributed by atoms with E-state index in [0.717, 1.165) is 5.56 Å². The minimum absolute atomic E-state index is 0.307. The maximum absolute atomic E-state index is 13.0. The lowest BCUT2D eigenvalue weighted by atomic mass is 9.97. The zero-order chi connectivity index (χ0) is 13.3. The van der Waals surface area contributed by atoms with Crippen molar-refractivity contribution in [1.29, 1.82) is 0 Å². The van der Waals surface area contributed by atoms with Gasteiger partial charge in [-0.1, -0.05) is 29.8 Å². The summed E-state index contributed by atoms with van der Waals surface area (Å²) >= 11 is 6.12. The van der Waals surface area contributed by atoms with Crippen LogP contribution in [0.4, 0.5) is 4.39 Å². The van der Waals surface area contributed by atoms with Crippen LogP contribution >= 0.6 is 11.6 Å². The van der Waals surface area contributed by atoms with Crippen LogP contribution in [0.3, 0.4) is 0 Å². The Morgan fingerprint density at radius 3 is 2.33 bits per heavy atom. The average molecular weight is 265 g/mol. The first-order valence-electron chi connectivity index (χ1n) is 5.69. The Morgan fingerprint density at radius 2 is 1.72 bits per heavy atom. The number of hydrogen-bond donors (Lipinski definition) is 1. The third-order valence-electron chi connectivity index (χ3n) is 2.98. The summed E-state index contributed by atoms with van der Waals surface area (Å²) in [6, 6.07) is 9.83. The molecule has 1 unspecified atom stereocenters. The van der Waals surface area contributed by atoms with E-state index in [2.05, 4.69) is 0 Å². The number of aliphatic hydroxyl groups excluding tert-OH is 1. The molecule has 0 heterocycles. The Hall–Kier alpha value is -1.38. The number of halogens is 2. The fraction of sp³-hybridized carbons (Fsp3) is 0.200. The third kappa shape index (κ3) is 2.55. The Labute approximate surface area is 111 Å². The minimum atomic E-state index is -0.835. The lowest BCUT2D eigenvalue weighted by molar-refractivity contribution is 0.219. The summed E-state index contributed by atoms with van der Waals surface area (Å²) < 4.78 is 13.0. The second-order valence-electron chi connectivity index (χ2n) is 4.43. The molecule has 0 aromatic heterocycles. The van der Waals surface area contributed by atoms with Crippen molar-refractivity contribution in [3.8, 4) is 0 Å². The fourth-order valence-corrected chi connectivity index (χ4v) is 2.31. The number of rotatable bonds is 2. The van der Waals surface area contributed by atoms with Crippen molar-refractivity contribution < 1.29 is 9.50 Å². The van der Waals surface area contributed by atoms with Gasteiger partial charge < -0.3 is 5.11 Å². The summed E-state index contributed by atoms with van der Waals surface area (Å²) in [4.78, 5) is 0. The van der Waals surface area contributed by atoms with Gasteiger partial charge >= 0.3 is 0 Å². The zero-order valence-corrected chi connectivity index (χ0v) is 11.0. The van der Waals surface area contributed by atoms with Crippen LogP contribution in [0.15, 0.2) is 36.4 Å². The zero-order valence-electron chi connectivity index (χ0n) is 10.2. The molecule has 0 radical (unpaired) electrons. The standard InChI is InChI=1S/C15H14ClFO/c1-9-3-5-13(14(16)7-9)15(18)12-6-4-11(17)8-10(12)2/h3-8,15,18H,1-2H3. The lowest BCUT2D eigenvalue weighted by Gasteiger charge is -2.16. The molecule has 0 spiro atoms. The SMILES string of the molecule is Cc1ccc(C(O)c2ccc(F)cc2C)c(Cl)c1. The van der Waals surface area contributed by atoms with Gasteiger partial charge in [0.2, 0.25) is 0 Å². The van der Waals surface area contributed by atoms with Gasteiger partial charge in [0.05, 0.1) is 0 Å². The molecule has 0 amide bonds. The molecule has 0 aliphatic carbocycles. The van der Waals surface area contributed by atoms with E-state index in [0.29, 0.717) is 21.7 Å². The van der Waals surface area contributed by atoms with E-state index >= 15 is 0 Å². The Bertz CT molecular complexity index is 529. The molecule has 0 aliphatic heterocycles. The van der Waals surface area contributed by atoms with E-state index in [1.54, 1.807) is 25.1 Å². The van der Waals surface area contributed by atoms with Gasteiger partial charge in [-0.15, -0.1) is 0 Å². The number of benzene rings is 2. The topological polar surface area (TPSA) is 20.2 Å². The molecule has 3 heteroatoms. The largest absolute Gasteiger partial charge is 0.384 e. The highest BCUT2D eigenvalue weighted by molar-refractivity contribution is 6.31. The molecule has 2 rings (SSSR count). The molecule has 0 fully saturated rings. The summed E-state index contributed by atoms with van der Waals surface area (Å²) in [6.45, 7) is 3.70. The highest BCUT2D eigenvalue weighted by atomic mass is 35.5. The highest BCUT2D eigenvalue weighted by Crippen LogP contribution is 2.30. The Kier molecular flexibility index (Phi) is 3.69. The molecule has 94 valence electrons. The molecule has 2 aromatic rings. The van der Waals surface area contributed by atoms with Crippen LogP contribution in [-0.4, -0.2) is 5.11 Å². The predicted octanol–water partition coefficient (Wildman–Crippen LogP) is 4.18. The third-order valence-corrected chi connectivity index (χ3v) is 3.30. The van der Waals surface area contributed by atoms with E-state index in [9.17, 15) is 9.50 Å². The van der Waals surface area contributed by atoms with Gasteiger partial charge in [-0.05, 0) is 48.7 Å². The molecular formula is C15H14ClFO. The van der Waals surface area contributed by atoms with Crippen molar-refractivity contribution in [1.82, 2.24) is 0 Å². The molecule has 1 atom stereocenters. The highest BCUT2D eigenvalue weighted by Gasteiger charge is 2.16. The minimum Gasteiger partial charge on any atom is -0.384 e. The normalized spacial score (nSPS) is 12.5. The number of aliphatic hydroxyl groups is 1. The first-order chi connectivity index (χ1) is 8.49. The van der Waals surface area contributed by atoms with Gasteiger partial charge in [-0.3, -0.25) is 0 Å². The fourth-order valence-electron chi connectivity index (χ4n) is 1.97. The predicted molar refractivity (Wildman–Crippen MR) is 71.4 cm³/mol. The summed E-state index contributed by atoms with van der Waals surface area (Å²) in [7, 11) is 0. The van der Waals surface area contributed by atoms with Gasteiger partial charge in [0.15, 0.2) is 0 Å². The van der Waals surface area contributed by atoms with E-state index < -0.39 is 6.10 Å². The van der Waals surface area contributed by atoms with Gasteiger partial charge in [-0.25, -0.2) is 4.39 Å². The van der Waals surface area contributed by atoms with Crippen LogP contribution in [0.25, 0.3) is 0 Å².